The average Bonchev–Trinajstić information content (AvgIpc) is 2.52. The zero-order valence-electron chi connectivity index (χ0n) is 18.5. The van der Waals surface area contributed by atoms with Gasteiger partial charge in [-0.1, -0.05) is 0 Å². The van der Waals surface area contributed by atoms with Gasteiger partial charge in [-0.2, -0.15) is 0 Å². The number of pyridine rings is 2. The van der Waals surface area contributed by atoms with Gasteiger partial charge in [0.05, 0.1) is 34.6 Å². The second-order valence-corrected chi connectivity index (χ2v) is 6.60. The Bertz CT molecular complexity index is 775. The molecule has 0 atom stereocenters. The van der Waals surface area contributed by atoms with Crippen molar-refractivity contribution < 1.29 is 75.0 Å². The van der Waals surface area contributed by atoms with E-state index in [2.05, 4.69) is 9.97 Å². The maximum atomic E-state index is 11.6. The van der Waals surface area contributed by atoms with E-state index in [0.717, 1.165) is 0 Å². The summed E-state index contributed by atoms with van der Waals surface area (Å²) in [5, 5.41) is 0. The van der Waals surface area contributed by atoms with Gasteiger partial charge in [0.1, 0.15) is 0 Å². The number of hydrogen-bond donors (Lipinski definition) is 0. The first-order valence-electron chi connectivity index (χ1n) is 7.99. The molecule has 2 amide bonds. The van der Waals surface area contributed by atoms with Gasteiger partial charge in [0.15, 0.2) is 0 Å². The van der Waals surface area contributed by atoms with Crippen molar-refractivity contribution in [3.8, 4) is 11.4 Å². The quantitative estimate of drug-likeness (QED) is 0.477. The average molecular weight is 562 g/mol. The largest absolute Gasteiger partial charge is 0.664 e. The minimum atomic E-state index is -0.810. The number of nitrogens with one attached hydrogen (secondary N) is 2. The van der Waals surface area contributed by atoms with Gasteiger partial charge >= 0.3 is 0 Å². The van der Waals surface area contributed by atoms with Gasteiger partial charge in [-0.25, -0.2) is 9.97 Å². The van der Waals surface area contributed by atoms with Crippen LogP contribution in [-0.2, 0) is 78.5 Å². The SMILES string of the molecule is CN(C)Cc1cc(C([NH-])=O)cc(-c2cc(C([NH-])=O)cc(CN(C)C)n2)n1.[CH3-].[CH3-].[Y].[Y]. The van der Waals surface area contributed by atoms with E-state index in [0.29, 0.717) is 35.9 Å². The molecular weight excluding hydrogens is 534 g/mol. The second-order valence-electron chi connectivity index (χ2n) is 6.60. The van der Waals surface area contributed by atoms with Crippen LogP contribution in [0.5, 0.6) is 0 Å². The summed E-state index contributed by atoms with van der Waals surface area (Å²) in [5.74, 6) is -1.62. The molecule has 10 heteroatoms. The number of nitrogens with zero attached hydrogens (tertiary/aromatic N) is 4. The Morgan fingerprint density at radius 1 is 0.733 bits per heavy atom. The van der Waals surface area contributed by atoms with Crippen LogP contribution in [0.1, 0.15) is 32.1 Å². The van der Waals surface area contributed by atoms with Crippen molar-refractivity contribution in [2.75, 3.05) is 28.2 Å². The molecule has 0 unspecified atom stereocenters. The number of hydrogen-bond acceptors (Lipinski definition) is 6. The van der Waals surface area contributed by atoms with Crippen LogP contribution in [0.2, 0.25) is 0 Å². The Morgan fingerprint density at radius 3 is 1.27 bits per heavy atom. The standard InChI is InChI=1S/C18H24N6O2.2CH3.2Y/c1-23(2)9-13-5-11(17(19)25)7-15(21-13)16-8-12(18(20)26)6-14(22-16)10-24(3)4;;;;/h5-8H,9-10H2,1-4H3,(H4,19,20,25,26);2*1H3;;/q;2*-1;;/p-2. The Balaban J connectivity index is -0.00000182. The summed E-state index contributed by atoms with van der Waals surface area (Å²) in [6.07, 6.45) is 0. The van der Waals surface area contributed by atoms with Crippen LogP contribution in [0, 0.1) is 14.9 Å². The number of rotatable bonds is 7. The summed E-state index contributed by atoms with van der Waals surface area (Å²) in [6.45, 7) is 0.992. The molecule has 0 fully saturated rings. The normalized spacial score (nSPS) is 9.67. The molecule has 2 heterocycles. The summed E-state index contributed by atoms with van der Waals surface area (Å²) in [7, 11) is 7.51. The van der Waals surface area contributed by atoms with Crippen molar-refractivity contribution in [1.82, 2.24) is 19.8 Å². The van der Waals surface area contributed by atoms with E-state index in [1.807, 2.05) is 38.0 Å². The first-order chi connectivity index (χ1) is 12.2. The minimum Gasteiger partial charge on any atom is -0.664 e. The van der Waals surface area contributed by atoms with Crippen LogP contribution in [0.3, 0.4) is 0 Å². The fourth-order valence-electron chi connectivity index (χ4n) is 2.51. The van der Waals surface area contributed by atoms with E-state index >= 15 is 0 Å². The third-order valence-corrected chi connectivity index (χ3v) is 3.50. The van der Waals surface area contributed by atoms with Gasteiger partial charge in [0.25, 0.3) is 0 Å². The third kappa shape index (κ3) is 10.1. The third-order valence-electron chi connectivity index (χ3n) is 3.50. The van der Waals surface area contributed by atoms with Crippen LogP contribution in [0.25, 0.3) is 22.9 Å². The summed E-state index contributed by atoms with van der Waals surface area (Å²) in [6, 6.07) is 6.15. The predicted molar refractivity (Wildman–Crippen MR) is 112 cm³/mol. The van der Waals surface area contributed by atoms with Crippen LogP contribution < -0.4 is 0 Å². The van der Waals surface area contributed by atoms with Crippen molar-refractivity contribution in [2.45, 2.75) is 13.1 Å². The van der Waals surface area contributed by atoms with E-state index in [9.17, 15) is 9.59 Å². The van der Waals surface area contributed by atoms with E-state index in [4.69, 9.17) is 11.5 Å². The molecule has 0 spiro atoms. The number of carbonyl (C=O) groups excluding carboxylic acids is 2. The molecule has 30 heavy (non-hydrogen) atoms. The number of amides is 2. The summed E-state index contributed by atoms with van der Waals surface area (Å²) < 4.78 is 0. The molecular formula is C20H28N6O2Y2-4. The Hall–Kier alpha value is -0.632. The van der Waals surface area contributed by atoms with Crippen molar-refractivity contribution in [3.05, 3.63) is 73.1 Å². The molecule has 2 N–H and O–H groups in total. The topological polar surface area (TPSA) is 114 Å². The molecule has 0 aliphatic carbocycles. The van der Waals surface area contributed by atoms with Crippen LogP contribution in [-0.4, -0.2) is 59.8 Å². The fraction of sp³-hybridized carbons (Fsp3) is 0.300. The Kier molecular flexibility index (Phi) is 17.2. The molecule has 2 radical (unpaired) electrons. The molecule has 0 bridgehead atoms. The molecule has 160 valence electrons. The van der Waals surface area contributed by atoms with E-state index in [1.165, 1.54) is 12.1 Å². The van der Waals surface area contributed by atoms with Gasteiger partial charge in [-0.05, 0) is 52.5 Å². The Morgan fingerprint density at radius 2 is 1.03 bits per heavy atom. The smallest absolute Gasteiger partial charge is 0.0897 e. The van der Waals surface area contributed by atoms with Gasteiger partial charge < -0.3 is 45.7 Å². The van der Waals surface area contributed by atoms with Gasteiger partial charge in [-0.15, -0.1) is 0 Å². The molecule has 0 aromatic carbocycles. The zero-order valence-corrected chi connectivity index (χ0v) is 24.2. The van der Waals surface area contributed by atoms with Crippen molar-refractivity contribution in [1.29, 1.82) is 0 Å². The van der Waals surface area contributed by atoms with Crippen molar-refractivity contribution in [3.63, 3.8) is 0 Å². The van der Waals surface area contributed by atoms with E-state index in [1.54, 1.807) is 12.1 Å². The summed E-state index contributed by atoms with van der Waals surface area (Å²) >= 11 is 0. The molecule has 0 saturated carbocycles. The molecule has 2 aromatic rings. The minimum absolute atomic E-state index is 0. The second kappa shape index (κ2) is 15.2. The first kappa shape index (κ1) is 34.0. The van der Waals surface area contributed by atoms with Crippen molar-refractivity contribution in [2.24, 2.45) is 0 Å². The van der Waals surface area contributed by atoms with Crippen LogP contribution in [0.4, 0.5) is 0 Å². The van der Waals surface area contributed by atoms with Gasteiger partial charge in [0.2, 0.25) is 0 Å². The molecule has 0 aliphatic heterocycles. The first-order valence-corrected chi connectivity index (χ1v) is 7.99. The number of aromatic nitrogens is 2. The Labute approximate surface area is 230 Å². The van der Waals surface area contributed by atoms with Crippen LogP contribution in [0.15, 0.2) is 24.3 Å². The van der Waals surface area contributed by atoms with Gasteiger partial charge in [-0.3, -0.25) is 0 Å². The van der Waals surface area contributed by atoms with E-state index < -0.39 is 11.8 Å². The predicted octanol–water partition coefficient (Wildman–Crippen LogP) is 3.55. The zero-order chi connectivity index (χ0) is 19.4. The number of carbonyl (C=O) groups is 2. The maximum absolute atomic E-state index is 11.6. The molecule has 2 aromatic heterocycles. The summed E-state index contributed by atoms with van der Waals surface area (Å²) in [5.41, 5.74) is 17.3. The van der Waals surface area contributed by atoms with Crippen LogP contribution >= 0.6 is 0 Å². The molecule has 0 saturated heterocycles. The van der Waals surface area contributed by atoms with E-state index in [-0.39, 0.29) is 91.4 Å². The summed E-state index contributed by atoms with van der Waals surface area (Å²) in [4.78, 5) is 36.0. The fourth-order valence-corrected chi connectivity index (χ4v) is 2.51. The monoisotopic (exact) mass is 562 g/mol. The molecule has 0 aliphatic rings. The van der Waals surface area contributed by atoms with Crippen molar-refractivity contribution >= 4 is 11.8 Å². The van der Waals surface area contributed by atoms with Gasteiger partial charge in [0, 0.05) is 89.6 Å². The molecule has 2 rings (SSSR count). The maximum Gasteiger partial charge on any atom is 0.0897 e. The molecule has 8 nitrogen and oxygen atoms in total.